The van der Waals surface area contributed by atoms with Crippen LogP contribution in [-0.4, -0.2) is 9.38 Å². The second-order valence-electron chi connectivity index (χ2n) is 5.51. The van der Waals surface area contributed by atoms with Gasteiger partial charge in [0.05, 0.1) is 16.7 Å². The molecule has 0 aliphatic carbocycles. The molecule has 2 heterocycles. The van der Waals surface area contributed by atoms with Crippen LogP contribution in [0.25, 0.3) is 27.9 Å². The van der Waals surface area contributed by atoms with E-state index in [1.807, 2.05) is 6.07 Å². The van der Waals surface area contributed by atoms with Gasteiger partial charge < -0.3 is 0 Å². The zero-order chi connectivity index (χ0) is 14.4. The fourth-order valence-electron chi connectivity index (χ4n) is 2.85. The summed E-state index contributed by atoms with van der Waals surface area (Å²) in [5.41, 5.74) is 8.20. The predicted molar refractivity (Wildman–Crippen MR) is 87.6 cm³/mol. The van der Waals surface area contributed by atoms with E-state index in [9.17, 15) is 0 Å². The highest BCUT2D eigenvalue weighted by Crippen LogP contribution is 2.27. The van der Waals surface area contributed by atoms with Gasteiger partial charge in [-0.1, -0.05) is 36.4 Å². The van der Waals surface area contributed by atoms with Gasteiger partial charge in [0, 0.05) is 0 Å². The quantitative estimate of drug-likeness (QED) is 0.488. The molecule has 0 bridgehead atoms. The molecule has 2 heteroatoms. The number of imidazole rings is 1. The van der Waals surface area contributed by atoms with Gasteiger partial charge in [-0.2, -0.15) is 0 Å². The summed E-state index contributed by atoms with van der Waals surface area (Å²) in [7, 11) is 0. The van der Waals surface area contributed by atoms with Crippen LogP contribution in [-0.2, 0) is 0 Å². The lowest BCUT2D eigenvalue weighted by Crippen LogP contribution is -1.92. The average Bonchev–Trinajstić information content (AvgIpc) is 2.86. The summed E-state index contributed by atoms with van der Waals surface area (Å²) in [4.78, 5) is 4.77. The minimum absolute atomic E-state index is 0.997. The van der Waals surface area contributed by atoms with Gasteiger partial charge in [0.25, 0.3) is 0 Å². The Labute approximate surface area is 123 Å². The highest BCUT2D eigenvalue weighted by atomic mass is 15.0. The van der Waals surface area contributed by atoms with Crippen molar-refractivity contribution in [1.29, 1.82) is 0 Å². The molecule has 0 spiro atoms. The maximum absolute atomic E-state index is 4.77. The van der Waals surface area contributed by atoms with Gasteiger partial charge in [0.2, 0.25) is 0 Å². The molecule has 2 nitrogen and oxygen atoms in total. The first kappa shape index (κ1) is 12.2. The summed E-state index contributed by atoms with van der Waals surface area (Å²) in [5.74, 6) is 0. The summed E-state index contributed by atoms with van der Waals surface area (Å²) >= 11 is 0. The van der Waals surface area contributed by atoms with Gasteiger partial charge in [0.15, 0.2) is 0 Å². The van der Waals surface area contributed by atoms with Gasteiger partial charge in [-0.15, -0.1) is 0 Å². The molecule has 2 aromatic carbocycles. The molecule has 4 aromatic rings. The zero-order valence-electron chi connectivity index (χ0n) is 12.2. The van der Waals surface area contributed by atoms with Gasteiger partial charge in [0.1, 0.15) is 5.65 Å². The monoisotopic (exact) mass is 272 g/mol. The van der Waals surface area contributed by atoms with E-state index >= 15 is 0 Å². The Bertz CT molecular complexity index is 950. The Morgan fingerprint density at radius 3 is 2.38 bits per heavy atom. The molecule has 102 valence electrons. The SMILES string of the molecule is Cc1cc2nc3cccc(-c4ccccc4)n3c2cc1C. The number of rotatable bonds is 1. The lowest BCUT2D eigenvalue weighted by molar-refractivity contribution is 1.23. The molecule has 0 saturated heterocycles. The summed E-state index contributed by atoms with van der Waals surface area (Å²) in [6, 6.07) is 21.2. The Hall–Kier alpha value is -2.61. The molecule has 0 aliphatic rings. The van der Waals surface area contributed by atoms with Crippen LogP contribution < -0.4 is 0 Å². The number of hydrogen-bond acceptors (Lipinski definition) is 1. The van der Waals surface area contributed by atoms with Crippen LogP contribution in [0.5, 0.6) is 0 Å². The van der Waals surface area contributed by atoms with E-state index in [0.29, 0.717) is 0 Å². The van der Waals surface area contributed by atoms with Gasteiger partial charge in [-0.25, -0.2) is 4.98 Å². The molecule has 4 rings (SSSR count). The van der Waals surface area contributed by atoms with Crippen LogP contribution in [0.2, 0.25) is 0 Å². The van der Waals surface area contributed by atoms with Crippen LogP contribution in [0.4, 0.5) is 0 Å². The molecule has 0 N–H and O–H groups in total. The second-order valence-corrected chi connectivity index (χ2v) is 5.51. The highest BCUT2D eigenvalue weighted by Gasteiger charge is 2.10. The van der Waals surface area contributed by atoms with Crippen LogP contribution in [0.1, 0.15) is 11.1 Å². The number of nitrogens with zero attached hydrogens (tertiary/aromatic N) is 2. The molecule has 21 heavy (non-hydrogen) atoms. The van der Waals surface area contributed by atoms with Crippen molar-refractivity contribution in [1.82, 2.24) is 9.38 Å². The van der Waals surface area contributed by atoms with Gasteiger partial charge >= 0.3 is 0 Å². The first-order valence-electron chi connectivity index (χ1n) is 7.18. The van der Waals surface area contributed by atoms with Crippen molar-refractivity contribution in [2.75, 3.05) is 0 Å². The van der Waals surface area contributed by atoms with E-state index in [-0.39, 0.29) is 0 Å². The number of fused-ring (bicyclic) bond motifs is 3. The largest absolute Gasteiger partial charge is 0.292 e. The van der Waals surface area contributed by atoms with Crippen molar-refractivity contribution in [3.63, 3.8) is 0 Å². The minimum atomic E-state index is 0.997. The number of hydrogen-bond donors (Lipinski definition) is 0. The molecule has 0 saturated carbocycles. The van der Waals surface area contributed by atoms with E-state index in [4.69, 9.17) is 4.98 Å². The number of aromatic nitrogens is 2. The van der Waals surface area contributed by atoms with Crippen molar-refractivity contribution < 1.29 is 0 Å². The Morgan fingerprint density at radius 2 is 1.57 bits per heavy atom. The molecule has 2 aromatic heterocycles. The molecule has 0 aliphatic heterocycles. The van der Waals surface area contributed by atoms with Crippen LogP contribution >= 0.6 is 0 Å². The Balaban J connectivity index is 2.15. The van der Waals surface area contributed by atoms with Crippen molar-refractivity contribution in [3.8, 4) is 11.3 Å². The molecule has 0 radical (unpaired) electrons. The second kappa shape index (κ2) is 4.45. The minimum Gasteiger partial charge on any atom is -0.292 e. The highest BCUT2D eigenvalue weighted by molar-refractivity contribution is 5.85. The lowest BCUT2D eigenvalue weighted by atomic mass is 10.1. The third-order valence-electron chi connectivity index (χ3n) is 4.11. The van der Waals surface area contributed by atoms with E-state index in [2.05, 4.69) is 72.8 Å². The first-order chi connectivity index (χ1) is 10.2. The molecule has 0 atom stereocenters. The zero-order valence-corrected chi connectivity index (χ0v) is 12.2. The van der Waals surface area contributed by atoms with E-state index in [0.717, 1.165) is 11.2 Å². The van der Waals surface area contributed by atoms with Crippen LogP contribution in [0.15, 0.2) is 60.7 Å². The number of pyridine rings is 1. The van der Waals surface area contributed by atoms with Crippen molar-refractivity contribution in [3.05, 3.63) is 71.8 Å². The van der Waals surface area contributed by atoms with Gasteiger partial charge in [-0.3, -0.25) is 4.40 Å². The molecule has 0 amide bonds. The Kier molecular flexibility index (Phi) is 2.58. The van der Waals surface area contributed by atoms with Gasteiger partial charge in [-0.05, 0) is 54.8 Å². The predicted octanol–water partition coefficient (Wildman–Crippen LogP) is 4.77. The molecular weight excluding hydrogens is 256 g/mol. The van der Waals surface area contributed by atoms with Crippen molar-refractivity contribution in [2.45, 2.75) is 13.8 Å². The van der Waals surface area contributed by atoms with Crippen LogP contribution in [0.3, 0.4) is 0 Å². The standard InChI is InChI=1S/C19H16N2/c1-13-11-16-18(12-14(13)2)21-17(9-6-10-19(21)20-16)15-7-4-3-5-8-15/h3-12H,1-2H3. The molecular formula is C19H16N2. The van der Waals surface area contributed by atoms with E-state index in [1.54, 1.807) is 0 Å². The maximum atomic E-state index is 4.77. The van der Waals surface area contributed by atoms with E-state index in [1.165, 1.54) is 27.9 Å². The average molecular weight is 272 g/mol. The van der Waals surface area contributed by atoms with Crippen molar-refractivity contribution in [2.24, 2.45) is 0 Å². The number of benzene rings is 2. The maximum Gasteiger partial charge on any atom is 0.138 e. The molecule has 0 fully saturated rings. The summed E-state index contributed by atoms with van der Waals surface area (Å²) < 4.78 is 2.25. The normalized spacial score (nSPS) is 11.3. The molecule has 0 unspecified atom stereocenters. The third kappa shape index (κ3) is 1.83. The first-order valence-corrected chi connectivity index (χ1v) is 7.18. The van der Waals surface area contributed by atoms with Crippen molar-refractivity contribution >= 4 is 16.7 Å². The third-order valence-corrected chi connectivity index (χ3v) is 4.11. The number of aryl methyl sites for hydroxylation is 2. The smallest absolute Gasteiger partial charge is 0.138 e. The lowest BCUT2D eigenvalue weighted by Gasteiger charge is -2.07. The fourth-order valence-corrected chi connectivity index (χ4v) is 2.85. The summed E-state index contributed by atoms with van der Waals surface area (Å²) in [5, 5.41) is 0. The Morgan fingerprint density at radius 1 is 0.810 bits per heavy atom. The summed E-state index contributed by atoms with van der Waals surface area (Å²) in [6.45, 7) is 4.29. The topological polar surface area (TPSA) is 17.3 Å². The fraction of sp³-hybridized carbons (Fsp3) is 0.105. The summed E-state index contributed by atoms with van der Waals surface area (Å²) in [6.07, 6.45) is 0. The van der Waals surface area contributed by atoms with E-state index < -0.39 is 0 Å². The van der Waals surface area contributed by atoms with Crippen LogP contribution in [0, 0.1) is 13.8 Å².